The van der Waals surface area contributed by atoms with Crippen LogP contribution in [0.15, 0.2) is 29.1 Å². The van der Waals surface area contributed by atoms with Crippen LogP contribution in [0.4, 0.5) is 11.6 Å². The molecule has 2 rings (SSSR count). The molecule has 6 nitrogen and oxygen atoms in total. The van der Waals surface area contributed by atoms with Crippen molar-refractivity contribution in [2.75, 3.05) is 5.32 Å². The zero-order valence-corrected chi connectivity index (χ0v) is 9.06. The summed E-state index contributed by atoms with van der Waals surface area (Å²) in [7, 11) is 0. The standard InChI is InChI=1S/C11H9N5O/c1-7-10(17)14-11(16-15-7)13-9-4-2-3-8(5-9)6-12/h2-5H,1H3,(H2,13,14,16,17). The van der Waals surface area contributed by atoms with Crippen LogP contribution in [-0.2, 0) is 0 Å². The van der Waals surface area contributed by atoms with Crippen molar-refractivity contribution in [3.63, 3.8) is 0 Å². The molecule has 0 radical (unpaired) electrons. The van der Waals surface area contributed by atoms with Gasteiger partial charge in [-0.05, 0) is 25.1 Å². The van der Waals surface area contributed by atoms with E-state index in [0.717, 1.165) is 0 Å². The third-order valence-corrected chi connectivity index (χ3v) is 2.11. The minimum absolute atomic E-state index is 0.246. The lowest BCUT2D eigenvalue weighted by molar-refractivity contribution is 0.908. The van der Waals surface area contributed by atoms with Gasteiger partial charge < -0.3 is 5.32 Å². The summed E-state index contributed by atoms with van der Waals surface area (Å²) in [5.41, 5.74) is 1.20. The van der Waals surface area contributed by atoms with Gasteiger partial charge >= 0.3 is 0 Å². The Morgan fingerprint density at radius 3 is 2.94 bits per heavy atom. The highest BCUT2D eigenvalue weighted by atomic mass is 16.1. The summed E-state index contributed by atoms with van der Waals surface area (Å²) in [5, 5.41) is 19.1. The van der Waals surface area contributed by atoms with Gasteiger partial charge in [0.25, 0.3) is 5.56 Å². The number of nitrogens with zero attached hydrogens (tertiary/aromatic N) is 3. The first-order chi connectivity index (χ1) is 8.19. The summed E-state index contributed by atoms with van der Waals surface area (Å²) in [4.78, 5) is 13.8. The Hall–Kier alpha value is -2.68. The number of nitrogens with one attached hydrogen (secondary N) is 2. The molecule has 2 N–H and O–H groups in total. The van der Waals surface area contributed by atoms with E-state index in [1.54, 1.807) is 31.2 Å². The van der Waals surface area contributed by atoms with Crippen molar-refractivity contribution in [3.8, 4) is 6.07 Å². The lowest BCUT2D eigenvalue weighted by Crippen LogP contribution is -2.15. The molecule has 0 saturated carbocycles. The van der Waals surface area contributed by atoms with Crippen LogP contribution >= 0.6 is 0 Å². The van der Waals surface area contributed by atoms with Gasteiger partial charge in [-0.3, -0.25) is 9.78 Å². The van der Waals surface area contributed by atoms with Crippen LogP contribution in [-0.4, -0.2) is 15.2 Å². The normalized spacial score (nSPS) is 9.65. The lowest BCUT2D eigenvalue weighted by atomic mass is 10.2. The molecule has 0 amide bonds. The highest BCUT2D eigenvalue weighted by Crippen LogP contribution is 2.12. The number of aryl methyl sites for hydroxylation is 1. The van der Waals surface area contributed by atoms with Crippen LogP contribution in [0.3, 0.4) is 0 Å². The second-order valence-electron chi connectivity index (χ2n) is 3.41. The van der Waals surface area contributed by atoms with E-state index in [0.29, 0.717) is 16.9 Å². The molecule has 6 heteroatoms. The third kappa shape index (κ3) is 2.46. The molecule has 0 saturated heterocycles. The van der Waals surface area contributed by atoms with E-state index in [2.05, 4.69) is 20.5 Å². The summed E-state index contributed by atoms with van der Waals surface area (Å²) < 4.78 is 0. The summed E-state index contributed by atoms with van der Waals surface area (Å²) in [6.07, 6.45) is 0. The van der Waals surface area contributed by atoms with Crippen molar-refractivity contribution < 1.29 is 0 Å². The molecule has 1 aromatic heterocycles. The van der Waals surface area contributed by atoms with Gasteiger partial charge in [0.05, 0.1) is 11.6 Å². The second kappa shape index (κ2) is 4.45. The molecule has 0 spiro atoms. The number of aromatic amines is 1. The van der Waals surface area contributed by atoms with Crippen molar-refractivity contribution in [3.05, 3.63) is 45.9 Å². The number of aromatic nitrogens is 3. The Balaban J connectivity index is 2.29. The van der Waals surface area contributed by atoms with Gasteiger partial charge in [0.2, 0.25) is 5.95 Å². The maximum atomic E-state index is 11.3. The van der Waals surface area contributed by atoms with Crippen LogP contribution in [0.2, 0.25) is 0 Å². The lowest BCUT2D eigenvalue weighted by Gasteiger charge is -2.04. The van der Waals surface area contributed by atoms with Gasteiger partial charge in [-0.25, -0.2) is 0 Å². The van der Waals surface area contributed by atoms with E-state index < -0.39 is 0 Å². The predicted octanol–water partition coefficient (Wildman–Crippen LogP) is 1.09. The first-order valence-electron chi connectivity index (χ1n) is 4.90. The van der Waals surface area contributed by atoms with Gasteiger partial charge in [0.1, 0.15) is 5.69 Å². The van der Waals surface area contributed by atoms with E-state index in [1.165, 1.54) is 0 Å². The van der Waals surface area contributed by atoms with Crippen molar-refractivity contribution >= 4 is 11.6 Å². The molecular formula is C11H9N5O. The highest BCUT2D eigenvalue weighted by Gasteiger charge is 2.01. The Bertz CT molecular complexity index is 641. The average molecular weight is 227 g/mol. The van der Waals surface area contributed by atoms with Gasteiger partial charge in [-0.15, -0.1) is 10.2 Å². The largest absolute Gasteiger partial charge is 0.324 e. The number of H-pyrrole nitrogens is 1. The quantitative estimate of drug-likeness (QED) is 0.800. The predicted molar refractivity (Wildman–Crippen MR) is 61.8 cm³/mol. The molecular weight excluding hydrogens is 218 g/mol. The van der Waals surface area contributed by atoms with E-state index in [4.69, 9.17) is 5.26 Å². The zero-order chi connectivity index (χ0) is 12.3. The average Bonchev–Trinajstić information content (AvgIpc) is 2.34. The number of nitriles is 1. The number of benzene rings is 1. The number of hydrogen-bond acceptors (Lipinski definition) is 5. The maximum Gasteiger partial charge on any atom is 0.273 e. The third-order valence-electron chi connectivity index (χ3n) is 2.11. The van der Waals surface area contributed by atoms with Gasteiger partial charge in [-0.2, -0.15) is 5.26 Å². The summed E-state index contributed by atoms with van der Waals surface area (Å²) in [6.45, 7) is 1.58. The monoisotopic (exact) mass is 227 g/mol. The van der Waals surface area contributed by atoms with Crippen molar-refractivity contribution in [2.24, 2.45) is 0 Å². The van der Waals surface area contributed by atoms with Crippen LogP contribution in [0.1, 0.15) is 11.3 Å². The molecule has 0 unspecified atom stereocenters. The first-order valence-corrected chi connectivity index (χ1v) is 4.90. The fraction of sp³-hybridized carbons (Fsp3) is 0.0909. The minimum Gasteiger partial charge on any atom is -0.324 e. The van der Waals surface area contributed by atoms with Crippen molar-refractivity contribution in [2.45, 2.75) is 6.92 Å². The SMILES string of the molecule is Cc1nnc(Nc2cccc(C#N)c2)[nH]c1=O. The Morgan fingerprint density at radius 2 is 2.24 bits per heavy atom. The molecule has 17 heavy (non-hydrogen) atoms. The van der Waals surface area contributed by atoms with Crippen LogP contribution in [0.25, 0.3) is 0 Å². The van der Waals surface area contributed by atoms with Crippen molar-refractivity contribution in [1.29, 1.82) is 5.26 Å². The first kappa shape index (κ1) is 10.8. The van der Waals surface area contributed by atoms with E-state index >= 15 is 0 Å². The maximum absolute atomic E-state index is 11.3. The molecule has 0 fully saturated rings. The van der Waals surface area contributed by atoms with Crippen molar-refractivity contribution in [1.82, 2.24) is 15.2 Å². The molecule has 1 heterocycles. The Kier molecular flexibility index (Phi) is 2.83. The number of anilines is 2. The molecule has 2 aromatic rings. The summed E-state index contributed by atoms with van der Waals surface area (Å²) >= 11 is 0. The molecule has 84 valence electrons. The van der Waals surface area contributed by atoms with Crippen LogP contribution < -0.4 is 10.9 Å². The van der Waals surface area contributed by atoms with Crippen LogP contribution in [0, 0.1) is 18.3 Å². The molecule has 0 bridgehead atoms. The van der Waals surface area contributed by atoms with Gasteiger partial charge in [0.15, 0.2) is 0 Å². The molecule has 1 aromatic carbocycles. The van der Waals surface area contributed by atoms with Gasteiger partial charge in [-0.1, -0.05) is 6.07 Å². The fourth-order valence-electron chi connectivity index (χ4n) is 1.25. The zero-order valence-electron chi connectivity index (χ0n) is 9.06. The molecule has 0 atom stereocenters. The van der Waals surface area contributed by atoms with E-state index in [9.17, 15) is 4.79 Å². The smallest absolute Gasteiger partial charge is 0.273 e. The molecule has 0 aliphatic carbocycles. The van der Waals surface area contributed by atoms with Crippen LogP contribution in [0.5, 0.6) is 0 Å². The summed E-state index contributed by atoms with van der Waals surface area (Å²) in [6, 6.07) is 8.87. The number of hydrogen-bond donors (Lipinski definition) is 2. The number of rotatable bonds is 2. The minimum atomic E-state index is -0.293. The van der Waals surface area contributed by atoms with E-state index in [1.807, 2.05) is 6.07 Å². The Morgan fingerprint density at radius 1 is 1.41 bits per heavy atom. The highest BCUT2D eigenvalue weighted by molar-refractivity contribution is 5.55. The second-order valence-corrected chi connectivity index (χ2v) is 3.41. The molecule has 0 aliphatic heterocycles. The topological polar surface area (TPSA) is 94.5 Å². The summed E-state index contributed by atoms with van der Waals surface area (Å²) in [5.74, 6) is 0.246. The molecule has 0 aliphatic rings. The van der Waals surface area contributed by atoms with Gasteiger partial charge in [0, 0.05) is 5.69 Å². The Labute approximate surface area is 96.9 Å². The van der Waals surface area contributed by atoms with E-state index in [-0.39, 0.29) is 11.5 Å². The fourth-order valence-corrected chi connectivity index (χ4v) is 1.25.